The number of rotatable bonds is 6. The highest BCUT2D eigenvalue weighted by Gasteiger charge is 2.34. The number of aromatic nitrogens is 2. The molecule has 2 aromatic rings. The van der Waals surface area contributed by atoms with Crippen molar-refractivity contribution in [3.05, 3.63) is 59.7 Å². The highest BCUT2D eigenvalue weighted by Crippen LogP contribution is 2.23. The topological polar surface area (TPSA) is 113 Å². The first-order valence-corrected chi connectivity index (χ1v) is 10.3. The summed E-state index contributed by atoms with van der Waals surface area (Å²) in [4.78, 5) is 60.3. The Labute approximate surface area is 179 Å². The van der Waals surface area contributed by atoms with Crippen LogP contribution < -0.4 is 5.32 Å². The molecule has 2 aliphatic heterocycles. The van der Waals surface area contributed by atoms with E-state index in [1.54, 1.807) is 29.2 Å². The molecule has 1 saturated heterocycles. The van der Waals surface area contributed by atoms with Crippen molar-refractivity contribution in [3.8, 4) is 0 Å². The number of hydrogen-bond donors (Lipinski definition) is 1. The van der Waals surface area contributed by atoms with Crippen molar-refractivity contribution in [1.82, 2.24) is 25.1 Å². The van der Waals surface area contributed by atoms with E-state index in [2.05, 4.69) is 15.3 Å². The third kappa shape index (κ3) is 4.45. The molecule has 3 heterocycles. The Hall–Kier alpha value is -3.62. The minimum Gasteiger partial charge on any atom is -0.348 e. The van der Waals surface area contributed by atoms with Gasteiger partial charge in [0.25, 0.3) is 17.7 Å². The number of carbonyl (C=O) groups excluding carboxylic acids is 4. The Morgan fingerprint density at radius 2 is 1.71 bits per heavy atom. The van der Waals surface area contributed by atoms with Gasteiger partial charge in [-0.25, -0.2) is 4.98 Å². The summed E-state index contributed by atoms with van der Waals surface area (Å²) >= 11 is 0. The van der Waals surface area contributed by atoms with Crippen molar-refractivity contribution in [3.63, 3.8) is 0 Å². The first-order chi connectivity index (χ1) is 15.0. The summed E-state index contributed by atoms with van der Waals surface area (Å²) in [7, 11) is 0. The second-order valence-electron chi connectivity index (χ2n) is 7.63. The van der Waals surface area contributed by atoms with Gasteiger partial charge < -0.3 is 10.2 Å². The van der Waals surface area contributed by atoms with Crippen LogP contribution >= 0.6 is 0 Å². The Bertz CT molecular complexity index is 967. The number of hydrogen-bond acceptors (Lipinski definition) is 6. The van der Waals surface area contributed by atoms with Crippen LogP contribution in [0.15, 0.2) is 42.9 Å². The number of benzene rings is 1. The molecule has 1 fully saturated rings. The molecular weight excluding hydrogens is 398 g/mol. The fourth-order valence-electron chi connectivity index (χ4n) is 3.94. The van der Waals surface area contributed by atoms with Crippen LogP contribution in [0.4, 0.5) is 0 Å². The van der Waals surface area contributed by atoms with Crippen LogP contribution in [0.5, 0.6) is 0 Å². The maximum absolute atomic E-state index is 12.5. The second kappa shape index (κ2) is 9.03. The van der Waals surface area contributed by atoms with Gasteiger partial charge >= 0.3 is 0 Å². The van der Waals surface area contributed by atoms with Crippen LogP contribution in [0.25, 0.3) is 0 Å². The molecule has 4 rings (SSSR count). The molecule has 0 aliphatic carbocycles. The standard InChI is InChI=1S/C22H23N5O4/c28-19(6-3-11-27-21(30)16-4-1-2-5-17(16)22(27)31)26-12-7-15(8-13-26)25-20(29)18-14-23-9-10-24-18/h1-2,4-5,9-10,14-15H,3,6-8,11-13H2,(H,25,29). The Balaban J connectivity index is 1.20. The second-order valence-corrected chi connectivity index (χ2v) is 7.63. The SMILES string of the molecule is O=C(NC1CCN(C(=O)CCCN2C(=O)c3ccccc3C2=O)CC1)c1cnccn1. The van der Waals surface area contributed by atoms with Crippen molar-refractivity contribution in [1.29, 1.82) is 0 Å². The van der Waals surface area contributed by atoms with Gasteiger partial charge in [0, 0.05) is 44.5 Å². The summed E-state index contributed by atoms with van der Waals surface area (Å²) in [5.41, 5.74) is 1.11. The summed E-state index contributed by atoms with van der Waals surface area (Å²) in [6, 6.07) is 6.74. The van der Waals surface area contributed by atoms with Gasteiger partial charge in [-0.2, -0.15) is 0 Å². The highest BCUT2D eigenvalue weighted by molar-refractivity contribution is 6.21. The van der Waals surface area contributed by atoms with Gasteiger partial charge in [0.15, 0.2) is 0 Å². The van der Waals surface area contributed by atoms with Gasteiger partial charge in [-0.15, -0.1) is 0 Å². The summed E-state index contributed by atoms with van der Waals surface area (Å²) in [5, 5.41) is 2.93. The molecule has 0 bridgehead atoms. The molecule has 9 nitrogen and oxygen atoms in total. The van der Waals surface area contributed by atoms with Crippen molar-refractivity contribution in [2.24, 2.45) is 0 Å². The molecule has 4 amide bonds. The van der Waals surface area contributed by atoms with E-state index in [4.69, 9.17) is 0 Å². The van der Waals surface area contributed by atoms with Crippen molar-refractivity contribution >= 4 is 23.6 Å². The molecule has 0 unspecified atom stereocenters. The van der Waals surface area contributed by atoms with E-state index in [1.165, 1.54) is 23.5 Å². The third-order valence-electron chi connectivity index (χ3n) is 5.63. The average Bonchev–Trinajstić information content (AvgIpc) is 3.05. The van der Waals surface area contributed by atoms with Gasteiger partial charge in [0.05, 0.1) is 17.3 Å². The van der Waals surface area contributed by atoms with Crippen LogP contribution in [-0.4, -0.2) is 69.1 Å². The number of nitrogens with zero attached hydrogens (tertiary/aromatic N) is 4. The zero-order valence-corrected chi connectivity index (χ0v) is 17.0. The monoisotopic (exact) mass is 421 g/mol. The molecule has 160 valence electrons. The Kier molecular flexibility index (Phi) is 6.01. The normalized spacial score (nSPS) is 16.4. The number of carbonyl (C=O) groups is 4. The molecule has 0 atom stereocenters. The lowest BCUT2D eigenvalue weighted by atomic mass is 10.0. The fraction of sp³-hybridized carbons (Fsp3) is 0.364. The highest BCUT2D eigenvalue weighted by atomic mass is 16.2. The molecule has 0 radical (unpaired) electrons. The van der Waals surface area contributed by atoms with E-state index in [-0.39, 0.29) is 48.3 Å². The largest absolute Gasteiger partial charge is 0.348 e. The molecule has 31 heavy (non-hydrogen) atoms. The van der Waals surface area contributed by atoms with Gasteiger partial charge in [-0.1, -0.05) is 12.1 Å². The zero-order valence-electron chi connectivity index (χ0n) is 17.0. The van der Waals surface area contributed by atoms with Crippen LogP contribution in [0.2, 0.25) is 0 Å². The van der Waals surface area contributed by atoms with E-state index in [9.17, 15) is 19.2 Å². The summed E-state index contributed by atoms with van der Waals surface area (Å²) in [6.07, 6.45) is 6.42. The maximum Gasteiger partial charge on any atom is 0.271 e. The number of fused-ring (bicyclic) bond motifs is 1. The first kappa shape index (κ1) is 20.6. The van der Waals surface area contributed by atoms with E-state index in [0.717, 1.165) is 0 Å². The van der Waals surface area contributed by atoms with Crippen LogP contribution in [-0.2, 0) is 4.79 Å². The predicted octanol–water partition coefficient (Wildman–Crippen LogP) is 1.27. The summed E-state index contributed by atoms with van der Waals surface area (Å²) in [5.74, 6) is -0.866. The number of amides is 4. The minimum absolute atomic E-state index is 0.00434. The van der Waals surface area contributed by atoms with Crippen LogP contribution in [0.1, 0.15) is 56.9 Å². The number of piperidine rings is 1. The van der Waals surface area contributed by atoms with E-state index >= 15 is 0 Å². The summed E-state index contributed by atoms with van der Waals surface area (Å²) in [6.45, 7) is 1.33. The summed E-state index contributed by atoms with van der Waals surface area (Å²) < 4.78 is 0. The third-order valence-corrected chi connectivity index (χ3v) is 5.63. The van der Waals surface area contributed by atoms with Gasteiger partial charge in [0.2, 0.25) is 5.91 Å². The predicted molar refractivity (Wildman–Crippen MR) is 110 cm³/mol. The number of imide groups is 1. The number of likely N-dealkylation sites (tertiary alicyclic amines) is 1. The lowest BCUT2D eigenvalue weighted by molar-refractivity contribution is -0.132. The van der Waals surface area contributed by atoms with E-state index in [1.807, 2.05) is 0 Å². The lowest BCUT2D eigenvalue weighted by Gasteiger charge is -2.32. The average molecular weight is 421 g/mol. The zero-order chi connectivity index (χ0) is 21.8. The molecule has 9 heteroatoms. The maximum atomic E-state index is 12.5. The van der Waals surface area contributed by atoms with Crippen LogP contribution in [0.3, 0.4) is 0 Å². The van der Waals surface area contributed by atoms with Crippen molar-refractivity contribution in [2.45, 2.75) is 31.7 Å². The molecule has 0 spiro atoms. The number of nitrogens with one attached hydrogen (secondary N) is 1. The van der Waals surface area contributed by atoms with Gasteiger partial charge in [-0.3, -0.25) is 29.1 Å². The lowest BCUT2D eigenvalue weighted by Crippen LogP contribution is -2.46. The molecule has 1 aromatic heterocycles. The molecule has 1 N–H and O–H groups in total. The Morgan fingerprint density at radius 1 is 1.03 bits per heavy atom. The van der Waals surface area contributed by atoms with Gasteiger partial charge in [0.1, 0.15) is 5.69 Å². The van der Waals surface area contributed by atoms with Crippen molar-refractivity contribution < 1.29 is 19.2 Å². The molecule has 0 saturated carbocycles. The smallest absolute Gasteiger partial charge is 0.271 e. The van der Waals surface area contributed by atoms with E-state index < -0.39 is 0 Å². The molecule has 2 aliphatic rings. The minimum atomic E-state index is -0.298. The molecular formula is C22H23N5O4. The molecule has 1 aromatic carbocycles. The van der Waals surface area contributed by atoms with E-state index in [0.29, 0.717) is 43.5 Å². The van der Waals surface area contributed by atoms with Crippen LogP contribution in [0, 0.1) is 0 Å². The fourth-order valence-corrected chi connectivity index (χ4v) is 3.94. The van der Waals surface area contributed by atoms with Crippen molar-refractivity contribution in [2.75, 3.05) is 19.6 Å². The Morgan fingerprint density at radius 3 is 2.32 bits per heavy atom. The first-order valence-electron chi connectivity index (χ1n) is 10.3. The quantitative estimate of drug-likeness (QED) is 0.703. The van der Waals surface area contributed by atoms with Gasteiger partial charge in [-0.05, 0) is 31.4 Å².